The van der Waals surface area contributed by atoms with Crippen LogP contribution in [-0.2, 0) is 20.1 Å². The minimum absolute atomic E-state index is 0.262. The van der Waals surface area contributed by atoms with Crippen molar-refractivity contribution in [3.8, 4) is 0 Å². The second-order valence-corrected chi connectivity index (χ2v) is 5.04. The van der Waals surface area contributed by atoms with E-state index in [0.717, 1.165) is 4.57 Å². The molecule has 0 aliphatic heterocycles. The molecule has 2 aromatic rings. The normalized spacial score (nSPS) is 11.6. The van der Waals surface area contributed by atoms with Gasteiger partial charge < -0.3 is 10.3 Å². The van der Waals surface area contributed by atoms with Gasteiger partial charge in [0.2, 0.25) is 5.95 Å². The fraction of sp³-hybridized carbons (Fsp3) is 0.583. The number of hydrogen-bond donors (Lipinski definition) is 1. The third-order valence-electron chi connectivity index (χ3n) is 3.12. The molecule has 0 aromatic carbocycles. The molecule has 2 heterocycles. The largest absolute Gasteiger partial charge is 0.369 e. The van der Waals surface area contributed by atoms with Crippen molar-refractivity contribution in [2.75, 3.05) is 5.73 Å². The number of nitrogens with two attached hydrogens (primary N) is 1. The second-order valence-electron chi connectivity index (χ2n) is 5.04. The standard InChI is InChI=1S/C12H19N5O2/c1-5-16-8-9(14-11(16)13)17(6-7(2)3)12(19)15(4)10(8)18/h7H,5-6H2,1-4H3,(H2,13,14). The predicted molar refractivity (Wildman–Crippen MR) is 74.2 cm³/mol. The van der Waals surface area contributed by atoms with E-state index in [9.17, 15) is 9.59 Å². The van der Waals surface area contributed by atoms with Gasteiger partial charge in [-0.05, 0) is 12.8 Å². The van der Waals surface area contributed by atoms with Gasteiger partial charge in [0.15, 0.2) is 11.2 Å². The van der Waals surface area contributed by atoms with Crippen molar-refractivity contribution in [2.24, 2.45) is 13.0 Å². The second kappa shape index (κ2) is 4.56. The molecule has 2 rings (SSSR count). The van der Waals surface area contributed by atoms with E-state index in [1.165, 1.54) is 11.6 Å². The average molecular weight is 265 g/mol. The molecule has 2 aromatic heterocycles. The number of imidazole rings is 1. The monoisotopic (exact) mass is 265 g/mol. The van der Waals surface area contributed by atoms with Gasteiger partial charge in [-0.25, -0.2) is 4.79 Å². The lowest BCUT2D eigenvalue weighted by Gasteiger charge is -2.11. The van der Waals surface area contributed by atoms with Gasteiger partial charge >= 0.3 is 5.69 Å². The van der Waals surface area contributed by atoms with Crippen molar-refractivity contribution in [3.63, 3.8) is 0 Å². The van der Waals surface area contributed by atoms with Crippen molar-refractivity contribution in [1.29, 1.82) is 0 Å². The highest BCUT2D eigenvalue weighted by molar-refractivity contribution is 5.73. The molecule has 2 N–H and O–H groups in total. The molecule has 0 spiro atoms. The molecule has 7 nitrogen and oxygen atoms in total. The summed E-state index contributed by atoms with van der Waals surface area (Å²) in [4.78, 5) is 28.6. The Balaban J connectivity index is 2.97. The van der Waals surface area contributed by atoms with Crippen LogP contribution in [0.5, 0.6) is 0 Å². The van der Waals surface area contributed by atoms with Gasteiger partial charge in [0.05, 0.1) is 0 Å². The maximum absolute atomic E-state index is 12.2. The molecule has 0 unspecified atom stereocenters. The number of hydrogen-bond acceptors (Lipinski definition) is 4. The number of nitrogens with zero attached hydrogens (tertiary/aromatic N) is 4. The Morgan fingerprint density at radius 1 is 1.26 bits per heavy atom. The maximum Gasteiger partial charge on any atom is 0.332 e. The highest BCUT2D eigenvalue weighted by Crippen LogP contribution is 2.13. The summed E-state index contributed by atoms with van der Waals surface area (Å²) in [5, 5.41) is 0. The number of fused-ring (bicyclic) bond motifs is 1. The molecular weight excluding hydrogens is 246 g/mol. The molecular formula is C12H19N5O2. The van der Waals surface area contributed by atoms with Crippen molar-refractivity contribution < 1.29 is 0 Å². The summed E-state index contributed by atoms with van der Waals surface area (Å²) in [6.07, 6.45) is 0. The Hall–Kier alpha value is -2.05. The Morgan fingerprint density at radius 2 is 1.89 bits per heavy atom. The Bertz CT molecular complexity index is 735. The number of aromatic nitrogens is 4. The van der Waals surface area contributed by atoms with Crippen LogP contribution < -0.4 is 17.0 Å². The summed E-state index contributed by atoms with van der Waals surface area (Å²) in [5.41, 5.74) is 5.88. The van der Waals surface area contributed by atoms with Crippen LogP contribution in [0.25, 0.3) is 11.2 Å². The van der Waals surface area contributed by atoms with Gasteiger partial charge in [0.1, 0.15) is 0 Å². The number of nitrogen functional groups attached to an aromatic ring is 1. The molecule has 0 aliphatic rings. The Morgan fingerprint density at radius 3 is 2.42 bits per heavy atom. The first-order valence-corrected chi connectivity index (χ1v) is 6.34. The molecule has 0 saturated carbocycles. The van der Waals surface area contributed by atoms with Gasteiger partial charge in [0, 0.05) is 20.1 Å². The third-order valence-corrected chi connectivity index (χ3v) is 3.12. The summed E-state index contributed by atoms with van der Waals surface area (Å²) in [6, 6.07) is 0. The number of aryl methyl sites for hydroxylation is 1. The molecule has 0 saturated heterocycles. The van der Waals surface area contributed by atoms with Crippen LogP contribution >= 0.6 is 0 Å². The van der Waals surface area contributed by atoms with Crippen molar-refractivity contribution in [3.05, 3.63) is 20.8 Å². The lowest BCUT2D eigenvalue weighted by atomic mass is 10.2. The van der Waals surface area contributed by atoms with E-state index in [4.69, 9.17) is 5.73 Å². The smallest absolute Gasteiger partial charge is 0.332 e. The summed E-state index contributed by atoms with van der Waals surface area (Å²) < 4.78 is 4.26. The van der Waals surface area contributed by atoms with E-state index in [1.807, 2.05) is 20.8 Å². The van der Waals surface area contributed by atoms with Crippen LogP contribution in [0, 0.1) is 5.92 Å². The van der Waals surface area contributed by atoms with Crippen molar-refractivity contribution in [2.45, 2.75) is 33.9 Å². The van der Waals surface area contributed by atoms with Gasteiger partial charge in [-0.2, -0.15) is 4.98 Å². The fourth-order valence-corrected chi connectivity index (χ4v) is 2.22. The Kier molecular flexibility index (Phi) is 3.21. The quantitative estimate of drug-likeness (QED) is 0.856. The Labute approximate surface area is 110 Å². The van der Waals surface area contributed by atoms with Crippen molar-refractivity contribution in [1.82, 2.24) is 18.7 Å². The van der Waals surface area contributed by atoms with Crippen LogP contribution in [0.1, 0.15) is 20.8 Å². The van der Waals surface area contributed by atoms with E-state index >= 15 is 0 Å². The first-order valence-electron chi connectivity index (χ1n) is 6.34. The molecule has 0 aliphatic carbocycles. The minimum atomic E-state index is -0.356. The van der Waals surface area contributed by atoms with Crippen LogP contribution in [0.4, 0.5) is 5.95 Å². The zero-order valence-electron chi connectivity index (χ0n) is 11.7. The predicted octanol–water partition coefficient (Wildman–Crippen LogP) is 0.155. The maximum atomic E-state index is 12.2. The van der Waals surface area contributed by atoms with Gasteiger partial charge in [-0.3, -0.25) is 13.9 Å². The molecule has 0 atom stereocenters. The number of anilines is 1. The summed E-state index contributed by atoms with van der Waals surface area (Å²) in [5.74, 6) is 0.532. The van der Waals surface area contributed by atoms with Gasteiger partial charge in [-0.15, -0.1) is 0 Å². The zero-order valence-corrected chi connectivity index (χ0v) is 11.7. The SMILES string of the molecule is CCn1c(N)nc2c1c(=O)n(C)c(=O)n2CC(C)C. The molecule has 104 valence electrons. The van der Waals surface area contributed by atoms with Crippen molar-refractivity contribution >= 4 is 17.1 Å². The topological polar surface area (TPSA) is 87.8 Å². The minimum Gasteiger partial charge on any atom is -0.369 e. The number of rotatable bonds is 3. The zero-order chi connectivity index (χ0) is 14.3. The fourth-order valence-electron chi connectivity index (χ4n) is 2.22. The first-order chi connectivity index (χ1) is 8.88. The summed E-state index contributed by atoms with van der Waals surface area (Å²) in [7, 11) is 1.48. The van der Waals surface area contributed by atoms with Crippen LogP contribution in [-0.4, -0.2) is 18.7 Å². The lowest BCUT2D eigenvalue weighted by molar-refractivity contribution is 0.500. The van der Waals surface area contributed by atoms with E-state index in [1.54, 1.807) is 4.57 Å². The van der Waals surface area contributed by atoms with E-state index in [-0.39, 0.29) is 23.1 Å². The average Bonchev–Trinajstić information content (AvgIpc) is 2.68. The molecule has 0 radical (unpaired) electrons. The summed E-state index contributed by atoms with van der Waals surface area (Å²) >= 11 is 0. The van der Waals surface area contributed by atoms with Gasteiger partial charge in [-0.1, -0.05) is 13.8 Å². The van der Waals surface area contributed by atoms with Crippen LogP contribution in [0.15, 0.2) is 9.59 Å². The molecule has 19 heavy (non-hydrogen) atoms. The molecule has 0 bridgehead atoms. The van der Waals surface area contributed by atoms with Crippen LogP contribution in [0.2, 0.25) is 0 Å². The van der Waals surface area contributed by atoms with Gasteiger partial charge in [0.25, 0.3) is 5.56 Å². The molecule has 0 amide bonds. The summed E-state index contributed by atoms with van der Waals surface area (Å²) in [6.45, 7) is 6.93. The van der Waals surface area contributed by atoms with E-state index < -0.39 is 0 Å². The molecule has 0 fully saturated rings. The first kappa shape index (κ1) is 13.4. The highest BCUT2D eigenvalue weighted by Gasteiger charge is 2.18. The third kappa shape index (κ3) is 1.94. The van der Waals surface area contributed by atoms with E-state index in [2.05, 4.69) is 4.98 Å². The van der Waals surface area contributed by atoms with Crippen LogP contribution in [0.3, 0.4) is 0 Å². The van der Waals surface area contributed by atoms with E-state index in [0.29, 0.717) is 24.3 Å². The highest BCUT2D eigenvalue weighted by atomic mass is 16.2. The lowest BCUT2D eigenvalue weighted by Crippen LogP contribution is -2.39. The molecule has 7 heteroatoms.